The molecule has 1 amide bonds. The van der Waals surface area contributed by atoms with Gasteiger partial charge in [-0.25, -0.2) is 8.78 Å². The van der Waals surface area contributed by atoms with Gasteiger partial charge >= 0.3 is 0 Å². The standard InChI is InChI=1S/C27H25F2N3O4S/c1-4-15(3)30-14-32(31-11-10-19(33)26(34)25(31)27(30)35)24-16-8-6-7-9-21(16)37-13-17-22(24)20(36-5-2)12-18(28)23(17)29/h4,6-12,15,24,34H,1,5,13-14H2,2-3H3/t15-,24+/m1/s1. The third kappa shape index (κ3) is 3.96. The average Bonchev–Trinajstić information content (AvgIpc) is 3.06. The number of rotatable bonds is 5. The number of hydrogen-bond donors (Lipinski definition) is 1. The molecule has 2 aliphatic rings. The van der Waals surface area contributed by atoms with Crippen LogP contribution in [0, 0.1) is 11.6 Å². The van der Waals surface area contributed by atoms with Gasteiger partial charge in [0.25, 0.3) is 5.91 Å². The second kappa shape index (κ2) is 9.59. The first-order valence-electron chi connectivity index (χ1n) is 11.8. The molecule has 2 aromatic carbocycles. The molecule has 0 spiro atoms. The van der Waals surface area contributed by atoms with E-state index in [1.165, 1.54) is 33.6 Å². The number of benzene rings is 2. The van der Waals surface area contributed by atoms with Gasteiger partial charge in [0.15, 0.2) is 23.1 Å². The second-order valence-corrected chi connectivity index (χ2v) is 9.80. The Bertz CT molecular complexity index is 1470. The molecule has 0 saturated heterocycles. The Morgan fingerprint density at radius 3 is 2.76 bits per heavy atom. The number of nitrogens with zero attached hydrogens (tertiary/aromatic N) is 3. The lowest BCUT2D eigenvalue weighted by atomic mass is 9.92. The maximum atomic E-state index is 15.4. The third-order valence-electron chi connectivity index (χ3n) is 6.70. The van der Waals surface area contributed by atoms with E-state index in [0.29, 0.717) is 5.56 Å². The van der Waals surface area contributed by atoms with Crippen LogP contribution in [0.5, 0.6) is 11.5 Å². The SMILES string of the molecule is C=C[C@@H](C)N1CN([C@H]2c3ccccc3SCc3c(F)c(F)cc(OCC)c32)n2ccc(=O)c(O)c2C1=O. The van der Waals surface area contributed by atoms with Crippen molar-refractivity contribution in [3.05, 3.63) is 99.5 Å². The highest BCUT2D eigenvalue weighted by Gasteiger charge is 2.41. The Morgan fingerprint density at radius 2 is 2.03 bits per heavy atom. The molecule has 37 heavy (non-hydrogen) atoms. The molecular formula is C27H25F2N3O4S. The van der Waals surface area contributed by atoms with Crippen molar-refractivity contribution in [2.45, 2.75) is 36.6 Å². The van der Waals surface area contributed by atoms with E-state index < -0.39 is 40.8 Å². The minimum absolute atomic E-state index is 0.00893. The Labute approximate surface area is 216 Å². The molecule has 2 aliphatic heterocycles. The van der Waals surface area contributed by atoms with Gasteiger partial charge in [-0.15, -0.1) is 18.3 Å². The Kier molecular flexibility index (Phi) is 6.45. The van der Waals surface area contributed by atoms with Crippen molar-refractivity contribution < 1.29 is 23.4 Å². The lowest BCUT2D eigenvalue weighted by Gasteiger charge is -2.45. The molecule has 0 aliphatic carbocycles. The molecular weight excluding hydrogens is 500 g/mol. The predicted octanol–water partition coefficient (Wildman–Crippen LogP) is 4.55. The molecule has 7 nitrogen and oxygen atoms in total. The van der Waals surface area contributed by atoms with Gasteiger partial charge in [-0.1, -0.05) is 24.3 Å². The van der Waals surface area contributed by atoms with E-state index >= 15 is 4.39 Å². The van der Waals surface area contributed by atoms with Crippen LogP contribution in [0.4, 0.5) is 8.78 Å². The first-order chi connectivity index (χ1) is 17.8. The summed E-state index contributed by atoms with van der Waals surface area (Å²) in [5.41, 5.74) is 0.435. The molecule has 0 saturated carbocycles. The molecule has 3 heterocycles. The van der Waals surface area contributed by atoms with Gasteiger partial charge in [0.05, 0.1) is 6.61 Å². The van der Waals surface area contributed by atoms with Gasteiger partial charge in [-0.05, 0) is 25.5 Å². The summed E-state index contributed by atoms with van der Waals surface area (Å²) in [7, 11) is 0. The van der Waals surface area contributed by atoms with Crippen molar-refractivity contribution in [1.82, 2.24) is 9.58 Å². The highest BCUT2D eigenvalue weighted by Crippen LogP contribution is 2.47. The highest BCUT2D eigenvalue weighted by molar-refractivity contribution is 7.98. The highest BCUT2D eigenvalue weighted by atomic mass is 32.2. The lowest BCUT2D eigenvalue weighted by molar-refractivity contribution is 0.0642. The summed E-state index contributed by atoms with van der Waals surface area (Å²) in [4.78, 5) is 28.1. The summed E-state index contributed by atoms with van der Waals surface area (Å²) < 4.78 is 37.3. The normalized spacial score (nSPS) is 17.4. The number of fused-ring (bicyclic) bond motifs is 3. The molecule has 0 bridgehead atoms. The maximum absolute atomic E-state index is 15.4. The lowest BCUT2D eigenvalue weighted by Crippen LogP contribution is -2.57. The van der Waals surface area contributed by atoms with Gasteiger partial charge in [0.1, 0.15) is 18.5 Å². The number of amides is 1. The maximum Gasteiger partial charge on any atom is 0.278 e. The second-order valence-electron chi connectivity index (χ2n) is 8.78. The predicted molar refractivity (Wildman–Crippen MR) is 137 cm³/mol. The number of aromatic nitrogens is 1. The molecule has 3 aromatic rings. The molecule has 0 radical (unpaired) electrons. The average molecular weight is 526 g/mol. The Morgan fingerprint density at radius 1 is 1.27 bits per heavy atom. The zero-order chi connectivity index (χ0) is 26.4. The van der Waals surface area contributed by atoms with E-state index in [1.807, 2.05) is 24.3 Å². The van der Waals surface area contributed by atoms with E-state index in [4.69, 9.17) is 4.74 Å². The zero-order valence-electron chi connectivity index (χ0n) is 20.3. The molecule has 0 unspecified atom stereocenters. The molecule has 0 fully saturated rings. The van der Waals surface area contributed by atoms with Crippen LogP contribution in [0.25, 0.3) is 0 Å². The van der Waals surface area contributed by atoms with E-state index in [9.17, 15) is 19.1 Å². The summed E-state index contributed by atoms with van der Waals surface area (Å²) in [6.45, 7) is 7.55. The van der Waals surface area contributed by atoms with Crippen molar-refractivity contribution >= 4 is 17.7 Å². The summed E-state index contributed by atoms with van der Waals surface area (Å²) >= 11 is 1.37. The van der Waals surface area contributed by atoms with E-state index in [-0.39, 0.29) is 36.0 Å². The van der Waals surface area contributed by atoms with Gasteiger partial charge in [0.2, 0.25) is 5.43 Å². The van der Waals surface area contributed by atoms with Gasteiger partial charge < -0.3 is 14.7 Å². The van der Waals surface area contributed by atoms with Crippen molar-refractivity contribution in [3.8, 4) is 11.5 Å². The van der Waals surface area contributed by atoms with E-state index in [1.54, 1.807) is 24.9 Å². The number of thioether (sulfide) groups is 1. The monoisotopic (exact) mass is 525 g/mol. The van der Waals surface area contributed by atoms with Gasteiger partial charge in [-0.2, -0.15) is 0 Å². The van der Waals surface area contributed by atoms with Crippen LogP contribution in [0.2, 0.25) is 0 Å². The van der Waals surface area contributed by atoms with Crippen LogP contribution >= 0.6 is 11.8 Å². The first-order valence-corrected chi connectivity index (χ1v) is 12.8. The molecule has 192 valence electrons. The van der Waals surface area contributed by atoms with Crippen LogP contribution in [0.3, 0.4) is 0 Å². The summed E-state index contributed by atoms with van der Waals surface area (Å²) in [6, 6.07) is 8.50. The largest absolute Gasteiger partial charge is 0.502 e. The van der Waals surface area contributed by atoms with Crippen molar-refractivity contribution in [2.75, 3.05) is 18.3 Å². The van der Waals surface area contributed by atoms with Gasteiger partial charge in [0, 0.05) is 46.1 Å². The van der Waals surface area contributed by atoms with Crippen molar-refractivity contribution in [1.29, 1.82) is 0 Å². The number of aromatic hydroxyl groups is 1. The minimum atomic E-state index is -1.01. The summed E-state index contributed by atoms with van der Waals surface area (Å²) in [6.07, 6.45) is 2.99. The van der Waals surface area contributed by atoms with Crippen molar-refractivity contribution in [2.24, 2.45) is 0 Å². The Hall–Kier alpha value is -3.79. The third-order valence-corrected chi connectivity index (χ3v) is 7.82. The number of pyridine rings is 1. The van der Waals surface area contributed by atoms with Crippen LogP contribution in [0.1, 0.15) is 47.1 Å². The minimum Gasteiger partial charge on any atom is -0.502 e. The smallest absolute Gasteiger partial charge is 0.278 e. The van der Waals surface area contributed by atoms with Crippen molar-refractivity contribution in [3.63, 3.8) is 0 Å². The zero-order valence-corrected chi connectivity index (χ0v) is 21.1. The molecule has 2 atom stereocenters. The van der Waals surface area contributed by atoms with Crippen LogP contribution < -0.4 is 15.2 Å². The summed E-state index contributed by atoms with van der Waals surface area (Å²) in [5.74, 6) is -2.86. The molecule has 5 rings (SSSR count). The first kappa shape index (κ1) is 24.9. The van der Waals surface area contributed by atoms with Crippen LogP contribution in [-0.2, 0) is 5.75 Å². The van der Waals surface area contributed by atoms with E-state index in [0.717, 1.165) is 16.5 Å². The molecule has 10 heteroatoms. The molecule has 1 N–H and O–H groups in total. The molecule has 1 aromatic heterocycles. The van der Waals surface area contributed by atoms with Crippen LogP contribution in [0.15, 0.2) is 64.9 Å². The fraction of sp³-hybridized carbons (Fsp3) is 0.259. The number of ether oxygens (including phenoxy) is 1. The van der Waals surface area contributed by atoms with E-state index in [2.05, 4.69) is 6.58 Å². The fourth-order valence-corrected chi connectivity index (χ4v) is 5.94. The number of halogens is 2. The number of hydrogen-bond acceptors (Lipinski definition) is 6. The Balaban J connectivity index is 1.85. The number of carbonyl (C=O) groups excluding carboxylic acids is 1. The summed E-state index contributed by atoms with van der Waals surface area (Å²) in [5, 5.41) is 12.4. The quantitative estimate of drug-likeness (QED) is 0.493. The van der Waals surface area contributed by atoms with Gasteiger partial charge in [-0.3, -0.25) is 19.3 Å². The fourth-order valence-electron chi connectivity index (χ4n) is 4.84. The number of carbonyl (C=O) groups is 1. The van der Waals surface area contributed by atoms with Crippen LogP contribution in [-0.4, -0.2) is 39.9 Å². The topological polar surface area (TPSA) is 75.0 Å².